The highest BCUT2D eigenvalue weighted by molar-refractivity contribution is 9.10. The van der Waals surface area contributed by atoms with Gasteiger partial charge in [-0.3, -0.25) is 14.9 Å². The number of nitrogens with zero attached hydrogens (tertiary/aromatic N) is 1. The summed E-state index contributed by atoms with van der Waals surface area (Å²) in [6, 6.07) is 9.57. The number of non-ortho nitro benzene ring substituents is 1. The normalized spacial score (nSPS) is 10.1. The van der Waals surface area contributed by atoms with E-state index in [-0.39, 0.29) is 17.8 Å². The molecule has 2 rings (SSSR count). The summed E-state index contributed by atoms with van der Waals surface area (Å²) in [5.41, 5.74) is 1.37. The summed E-state index contributed by atoms with van der Waals surface area (Å²) in [5.74, 6) is 0.233. The molecule has 0 aliphatic carbocycles. The van der Waals surface area contributed by atoms with Crippen LogP contribution in [0.25, 0.3) is 0 Å². The lowest BCUT2D eigenvalue weighted by Gasteiger charge is -2.12. The van der Waals surface area contributed by atoms with E-state index < -0.39 is 10.8 Å². The van der Waals surface area contributed by atoms with Crippen LogP contribution in [-0.2, 0) is 6.54 Å². The van der Waals surface area contributed by atoms with E-state index in [2.05, 4.69) is 26.6 Å². The van der Waals surface area contributed by atoms with Crippen LogP contribution in [0.3, 0.4) is 0 Å². The molecule has 0 atom stereocenters. The second-order valence-electron chi connectivity index (χ2n) is 4.88. The molecule has 24 heavy (non-hydrogen) atoms. The van der Waals surface area contributed by atoms with Crippen molar-refractivity contribution < 1.29 is 14.5 Å². The average molecular weight is 394 g/mol. The highest BCUT2D eigenvalue weighted by atomic mass is 79.9. The number of nitrogens with one attached hydrogen (secondary N) is 2. The van der Waals surface area contributed by atoms with Crippen molar-refractivity contribution in [3.63, 3.8) is 0 Å². The number of anilines is 1. The summed E-state index contributed by atoms with van der Waals surface area (Å²) >= 11 is 3.37. The van der Waals surface area contributed by atoms with Gasteiger partial charge in [0, 0.05) is 41.4 Å². The van der Waals surface area contributed by atoms with E-state index in [1.54, 1.807) is 20.2 Å². The lowest BCUT2D eigenvalue weighted by Crippen LogP contribution is -2.24. The summed E-state index contributed by atoms with van der Waals surface area (Å²) < 4.78 is 6.12. The molecule has 2 aromatic rings. The molecule has 2 N–H and O–H groups in total. The van der Waals surface area contributed by atoms with Crippen molar-refractivity contribution in [2.24, 2.45) is 0 Å². The predicted molar refractivity (Wildman–Crippen MR) is 94.5 cm³/mol. The predicted octanol–water partition coefficient (Wildman–Crippen LogP) is 3.34. The zero-order chi connectivity index (χ0) is 17.7. The van der Waals surface area contributed by atoms with Gasteiger partial charge >= 0.3 is 0 Å². The van der Waals surface area contributed by atoms with Gasteiger partial charge in [-0.2, -0.15) is 0 Å². The number of carbonyl (C=O) groups is 1. The molecular formula is C16H16BrN3O4. The maximum Gasteiger partial charge on any atom is 0.270 e. The second-order valence-corrected chi connectivity index (χ2v) is 5.79. The van der Waals surface area contributed by atoms with Gasteiger partial charge in [0.1, 0.15) is 5.75 Å². The lowest BCUT2D eigenvalue weighted by molar-refractivity contribution is -0.384. The minimum atomic E-state index is -0.534. The summed E-state index contributed by atoms with van der Waals surface area (Å²) in [6.07, 6.45) is 0. The van der Waals surface area contributed by atoms with Crippen molar-refractivity contribution >= 4 is 33.2 Å². The molecule has 1 amide bonds. The summed E-state index contributed by atoms with van der Waals surface area (Å²) in [4.78, 5) is 22.8. The molecule has 0 aliphatic rings. The first-order chi connectivity index (χ1) is 11.5. The number of methoxy groups -OCH3 is 1. The minimum Gasteiger partial charge on any atom is -0.496 e. The first-order valence-electron chi connectivity index (χ1n) is 7.03. The van der Waals surface area contributed by atoms with Crippen molar-refractivity contribution in [1.29, 1.82) is 0 Å². The van der Waals surface area contributed by atoms with Crippen LogP contribution in [0.1, 0.15) is 15.9 Å². The zero-order valence-corrected chi connectivity index (χ0v) is 14.7. The Bertz CT molecular complexity index is 780. The Morgan fingerprint density at radius 2 is 2.04 bits per heavy atom. The summed E-state index contributed by atoms with van der Waals surface area (Å²) in [6.45, 7) is 0.229. The van der Waals surface area contributed by atoms with E-state index >= 15 is 0 Å². The van der Waals surface area contributed by atoms with Gasteiger partial charge in [-0.1, -0.05) is 15.9 Å². The first-order valence-corrected chi connectivity index (χ1v) is 7.82. The summed E-state index contributed by atoms with van der Waals surface area (Å²) in [7, 11) is 3.20. The van der Waals surface area contributed by atoms with Crippen molar-refractivity contribution in [1.82, 2.24) is 5.32 Å². The lowest BCUT2D eigenvalue weighted by atomic mass is 10.1. The van der Waals surface area contributed by atoms with Crippen LogP contribution in [0, 0.1) is 10.1 Å². The number of nitro benzene ring substituents is 1. The maximum absolute atomic E-state index is 12.4. The van der Waals surface area contributed by atoms with Crippen molar-refractivity contribution in [3.05, 3.63) is 62.1 Å². The SMILES string of the molecule is CNc1ccc([N+](=O)[O-])cc1C(=O)NCc1cc(Br)ccc1OC. The molecule has 0 aliphatic heterocycles. The Hall–Kier alpha value is -2.61. The van der Waals surface area contributed by atoms with Crippen LogP contribution < -0.4 is 15.4 Å². The molecule has 2 aromatic carbocycles. The highest BCUT2D eigenvalue weighted by Crippen LogP contribution is 2.24. The third kappa shape index (κ3) is 4.02. The fourth-order valence-corrected chi connectivity index (χ4v) is 2.62. The number of hydrogen-bond donors (Lipinski definition) is 2. The molecule has 0 saturated heterocycles. The van der Waals surface area contributed by atoms with Crippen molar-refractivity contribution in [2.45, 2.75) is 6.54 Å². The fourth-order valence-electron chi connectivity index (χ4n) is 2.21. The molecule has 8 heteroatoms. The molecule has 126 valence electrons. The molecule has 0 radical (unpaired) electrons. The molecular weight excluding hydrogens is 378 g/mol. The van der Waals surface area contributed by atoms with Crippen LogP contribution in [0.2, 0.25) is 0 Å². The minimum absolute atomic E-state index is 0.140. The largest absolute Gasteiger partial charge is 0.496 e. The first kappa shape index (κ1) is 17.7. The monoisotopic (exact) mass is 393 g/mol. The zero-order valence-electron chi connectivity index (χ0n) is 13.1. The van der Waals surface area contributed by atoms with Crippen molar-refractivity contribution in [2.75, 3.05) is 19.5 Å². The third-order valence-corrected chi connectivity index (χ3v) is 3.90. The number of benzene rings is 2. The van der Waals surface area contributed by atoms with Gasteiger partial charge in [-0.15, -0.1) is 0 Å². The van der Waals surface area contributed by atoms with Gasteiger partial charge in [0.25, 0.3) is 11.6 Å². The van der Waals surface area contributed by atoms with Gasteiger partial charge in [-0.25, -0.2) is 0 Å². The number of hydrogen-bond acceptors (Lipinski definition) is 5. The molecule has 7 nitrogen and oxygen atoms in total. The number of rotatable bonds is 6. The average Bonchev–Trinajstić information content (AvgIpc) is 2.59. The number of amides is 1. The molecule has 0 unspecified atom stereocenters. The Kier molecular flexibility index (Phi) is 5.75. The van der Waals surface area contributed by atoms with Crippen LogP contribution in [-0.4, -0.2) is 25.0 Å². The Labute approximate surface area is 147 Å². The standard InChI is InChI=1S/C16H16BrN3O4/c1-18-14-5-4-12(20(22)23)8-13(14)16(21)19-9-10-7-11(17)3-6-15(10)24-2/h3-8,18H,9H2,1-2H3,(H,19,21). The molecule has 0 heterocycles. The van der Waals surface area contributed by atoms with Crippen LogP contribution >= 0.6 is 15.9 Å². The molecule has 0 fully saturated rings. The molecule has 0 spiro atoms. The van der Waals surface area contributed by atoms with Gasteiger partial charge in [0.15, 0.2) is 0 Å². The fraction of sp³-hybridized carbons (Fsp3) is 0.188. The Morgan fingerprint density at radius 1 is 1.29 bits per heavy atom. The highest BCUT2D eigenvalue weighted by Gasteiger charge is 2.16. The van der Waals surface area contributed by atoms with E-state index in [4.69, 9.17) is 4.74 Å². The number of nitro groups is 1. The molecule has 0 saturated carbocycles. The van der Waals surface area contributed by atoms with E-state index in [0.717, 1.165) is 10.0 Å². The third-order valence-electron chi connectivity index (χ3n) is 3.41. The number of halogens is 1. The van der Waals surface area contributed by atoms with E-state index in [1.165, 1.54) is 18.2 Å². The van der Waals surface area contributed by atoms with Gasteiger partial charge in [-0.05, 0) is 24.3 Å². The molecule has 0 bridgehead atoms. The quantitative estimate of drug-likeness (QED) is 0.579. The van der Waals surface area contributed by atoms with Crippen molar-refractivity contribution in [3.8, 4) is 5.75 Å². The number of ether oxygens (including phenoxy) is 1. The number of carbonyl (C=O) groups excluding carboxylic acids is 1. The van der Waals surface area contributed by atoms with Crippen LogP contribution in [0.15, 0.2) is 40.9 Å². The smallest absolute Gasteiger partial charge is 0.270 e. The van der Waals surface area contributed by atoms with E-state index in [0.29, 0.717) is 11.4 Å². The van der Waals surface area contributed by atoms with Crippen LogP contribution in [0.5, 0.6) is 5.75 Å². The van der Waals surface area contributed by atoms with Gasteiger partial charge in [0.05, 0.1) is 17.6 Å². The Balaban J connectivity index is 2.22. The van der Waals surface area contributed by atoms with Gasteiger partial charge in [0.2, 0.25) is 0 Å². The summed E-state index contributed by atoms with van der Waals surface area (Å²) in [5, 5.41) is 16.5. The maximum atomic E-state index is 12.4. The Morgan fingerprint density at radius 3 is 2.67 bits per heavy atom. The van der Waals surface area contributed by atoms with E-state index in [1.807, 2.05) is 12.1 Å². The van der Waals surface area contributed by atoms with Gasteiger partial charge < -0.3 is 15.4 Å². The molecule has 0 aromatic heterocycles. The second kappa shape index (κ2) is 7.78. The van der Waals surface area contributed by atoms with Crippen LogP contribution in [0.4, 0.5) is 11.4 Å². The topological polar surface area (TPSA) is 93.5 Å². The van der Waals surface area contributed by atoms with E-state index in [9.17, 15) is 14.9 Å².